The Balaban J connectivity index is 1.71. The first-order valence-electron chi connectivity index (χ1n) is 8.69. The Bertz CT molecular complexity index is 727. The molecule has 0 aromatic heterocycles. The molecule has 0 radical (unpaired) electrons. The molecular weight excluding hydrogens is 328 g/mol. The van der Waals surface area contributed by atoms with Crippen LogP contribution in [0.5, 0.6) is 0 Å². The van der Waals surface area contributed by atoms with E-state index in [9.17, 15) is 4.79 Å². The van der Waals surface area contributed by atoms with Crippen LogP contribution in [0.1, 0.15) is 0 Å². The lowest BCUT2D eigenvalue weighted by molar-refractivity contribution is -0.132. The van der Waals surface area contributed by atoms with Crippen molar-refractivity contribution in [3.63, 3.8) is 0 Å². The lowest BCUT2D eigenvalue weighted by Gasteiger charge is -2.23. The van der Waals surface area contributed by atoms with Crippen molar-refractivity contribution in [2.75, 3.05) is 38.2 Å². The van der Waals surface area contributed by atoms with Crippen molar-refractivity contribution in [1.29, 1.82) is 0 Å². The van der Waals surface area contributed by atoms with Gasteiger partial charge in [-0.2, -0.15) is 0 Å². The van der Waals surface area contributed by atoms with E-state index in [-0.39, 0.29) is 5.71 Å². The molecule has 0 aliphatic carbocycles. The highest BCUT2D eigenvalue weighted by Gasteiger charge is 2.41. The van der Waals surface area contributed by atoms with E-state index in [0.717, 1.165) is 26.2 Å². The number of guanidine groups is 1. The molecule has 26 heavy (non-hydrogen) atoms. The number of ether oxygens (including phenoxy) is 1. The van der Waals surface area contributed by atoms with Gasteiger partial charge < -0.3 is 14.5 Å². The number of anilines is 1. The third-order valence-corrected chi connectivity index (χ3v) is 4.91. The first-order valence-corrected chi connectivity index (χ1v) is 8.69. The van der Waals surface area contributed by atoms with Crippen LogP contribution in [0.2, 0.25) is 0 Å². The molecule has 0 N–H and O–H groups in total. The quantitative estimate of drug-likeness (QED) is 0.474. The normalized spacial score (nSPS) is 23.0. The Morgan fingerprint density at radius 2 is 1.81 bits per heavy atom. The summed E-state index contributed by atoms with van der Waals surface area (Å²) in [5.74, 6) is 1.06. The highest BCUT2D eigenvalue weighted by atomic mass is 16.5. The lowest BCUT2D eigenvalue weighted by atomic mass is 10.0. The van der Waals surface area contributed by atoms with E-state index >= 15 is 0 Å². The molecule has 2 heterocycles. The van der Waals surface area contributed by atoms with Crippen LogP contribution in [0.25, 0.3) is 0 Å². The summed E-state index contributed by atoms with van der Waals surface area (Å²) in [6.07, 6.45) is 2.83. The Morgan fingerprint density at radius 1 is 1.15 bits per heavy atom. The first-order chi connectivity index (χ1) is 12.7. The van der Waals surface area contributed by atoms with Crippen LogP contribution in [0.4, 0.5) is 5.69 Å². The summed E-state index contributed by atoms with van der Waals surface area (Å²) in [6.45, 7) is 11.0. The number of benzene rings is 1. The molecule has 2 fully saturated rings. The maximum absolute atomic E-state index is 11.8. The average molecular weight is 352 g/mol. The van der Waals surface area contributed by atoms with Crippen molar-refractivity contribution >= 4 is 23.3 Å². The number of likely N-dealkylation sites (tertiary alicyclic amines) is 1. The van der Waals surface area contributed by atoms with Gasteiger partial charge in [-0.15, -0.1) is 0 Å². The number of carbonyl (C=O) groups excluding carboxylic acids is 1. The number of hydrogen-bond donors (Lipinski definition) is 0. The van der Waals surface area contributed by atoms with E-state index in [0.29, 0.717) is 17.8 Å². The molecule has 0 saturated carbocycles. The van der Waals surface area contributed by atoms with Crippen LogP contribution in [0.15, 0.2) is 65.8 Å². The van der Waals surface area contributed by atoms with E-state index in [4.69, 9.17) is 4.74 Å². The molecule has 3 rings (SSSR count). The molecule has 6 heteroatoms. The van der Waals surface area contributed by atoms with Gasteiger partial charge in [0.2, 0.25) is 5.96 Å². The molecule has 6 nitrogen and oxygen atoms in total. The first kappa shape index (κ1) is 17.9. The van der Waals surface area contributed by atoms with E-state index < -0.39 is 5.97 Å². The fraction of sp³-hybridized carbons (Fsp3) is 0.350. The Hall–Kier alpha value is -2.89. The summed E-state index contributed by atoms with van der Waals surface area (Å²) in [5.41, 5.74) is 1.42. The summed E-state index contributed by atoms with van der Waals surface area (Å²) >= 11 is 0. The SMILES string of the molecule is C=CN=C(N=C(C=C)C(=O)OC)N1CC2CN(c3ccccc3)CC2C1. The third-order valence-electron chi connectivity index (χ3n) is 4.91. The molecule has 0 amide bonds. The minimum Gasteiger partial charge on any atom is -0.464 e. The highest BCUT2D eigenvalue weighted by molar-refractivity contribution is 6.42. The summed E-state index contributed by atoms with van der Waals surface area (Å²) in [6, 6.07) is 10.5. The van der Waals surface area contributed by atoms with E-state index in [1.807, 2.05) is 6.07 Å². The number of hydrogen-bond acceptors (Lipinski definition) is 4. The second kappa shape index (κ2) is 7.99. The van der Waals surface area contributed by atoms with Gasteiger partial charge in [-0.1, -0.05) is 31.4 Å². The molecule has 0 bridgehead atoms. The standard InChI is InChI=1S/C20H24N4O2/c1-4-18(19(25)26-3)22-20(21-5-2)24-13-15-11-23(12-16(15)14-24)17-9-7-6-8-10-17/h4-10,15-16H,1-2,11-14H2,3H3. The minimum atomic E-state index is -0.522. The molecule has 2 aliphatic heterocycles. The second-order valence-corrected chi connectivity index (χ2v) is 6.47. The topological polar surface area (TPSA) is 57.5 Å². The number of fused-ring (bicyclic) bond motifs is 1. The zero-order valence-corrected chi connectivity index (χ0v) is 15.0. The molecule has 0 spiro atoms. The van der Waals surface area contributed by atoms with E-state index in [1.165, 1.54) is 25.1 Å². The van der Waals surface area contributed by atoms with Crippen LogP contribution >= 0.6 is 0 Å². The van der Waals surface area contributed by atoms with Gasteiger partial charge in [0, 0.05) is 49.9 Å². The predicted molar refractivity (Wildman–Crippen MR) is 104 cm³/mol. The minimum absolute atomic E-state index is 0.149. The number of rotatable bonds is 4. The number of para-hydroxylation sites is 1. The molecular formula is C20H24N4O2. The monoisotopic (exact) mass is 352 g/mol. The van der Waals surface area contributed by atoms with Crippen molar-refractivity contribution in [1.82, 2.24) is 4.90 Å². The van der Waals surface area contributed by atoms with Crippen LogP contribution in [0, 0.1) is 11.8 Å². The molecule has 2 unspecified atom stereocenters. The predicted octanol–water partition coefficient (Wildman–Crippen LogP) is 2.35. The van der Waals surface area contributed by atoms with Gasteiger partial charge in [-0.3, -0.25) is 0 Å². The number of esters is 1. The van der Waals surface area contributed by atoms with Gasteiger partial charge in [-0.25, -0.2) is 14.8 Å². The summed E-state index contributed by atoms with van der Waals surface area (Å²) in [4.78, 5) is 24.9. The van der Waals surface area contributed by atoms with Crippen molar-refractivity contribution in [3.05, 3.63) is 55.8 Å². The fourth-order valence-corrected chi connectivity index (χ4v) is 3.66. The Morgan fingerprint density at radius 3 is 2.35 bits per heavy atom. The van der Waals surface area contributed by atoms with Crippen LogP contribution in [0.3, 0.4) is 0 Å². The molecule has 2 saturated heterocycles. The fourth-order valence-electron chi connectivity index (χ4n) is 3.66. The van der Waals surface area contributed by atoms with E-state index in [1.54, 1.807) is 0 Å². The third kappa shape index (κ3) is 3.69. The zero-order valence-electron chi connectivity index (χ0n) is 15.0. The van der Waals surface area contributed by atoms with Crippen molar-refractivity contribution in [2.24, 2.45) is 21.8 Å². The van der Waals surface area contributed by atoms with Crippen LogP contribution in [-0.4, -0.2) is 55.8 Å². The molecule has 2 aliphatic rings. The van der Waals surface area contributed by atoms with Gasteiger partial charge in [0.15, 0.2) is 5.71 Å². The summed E-state index contributed by atoms with van der Waals surface area (Å²) in [5, 5.41) is 0. The highest BCUT2D eigenvalue weighted by Crippen LogP contribution is 2.34. The maximum Gasteiger partial charge on any atom is 0.356 e. The molecule has 136 valence electrons. The van der Waals surface area contributed by atoms with Gasteiger partial charge in [0.05, 0.1) is 7.11 Å². The van der Waals surface area contributed by atoms with Gasteiger partial charge >= 0.3 is 5.97 Å². The van der Waals surface area contributed by atoms with Gasteiger partial charge in [-0.05, 0) is 18.2 Å². The largest absolute Gasteiger partial charge is 0.464 e. The summed E-state index contributed by atoms with van der Waals surface area (Å²) < 4.78 is 4.74. The second-order valence-electron chi connectivity index (χ2n) is 6.47. The maximum atomic E-state index is 11.8. The van der Waals surface area contributed by atoms with Gasteiger partial charge in [0.25, 0.3) is 0 Å². The van der Waals surface area contributed by atoms with Crippen LogP contribution in [-0.2, 0) is 9.53 Å². The lowest BCUT2D eigenvalue weighted by Crippen LogP contribution is -2.33. The number of methoxy groups -OCH3 is 1. The van der Waals surface area contributed by atoms with Gasteiger partial charge in [0.1, 0.15) is 0 Å². The van der Waals surface area contributed by atoms with Crippen molar-refractivity contribution in [3.8, 4) is 0 Å². The van der Waals surface area contributed by atoms with Crippen molar-refractivity contribution in [2.45, 2.75) is 0 Å². The molecule has 2 atom stereocenters. The average Bonchev–Trinajstić information content (AvgIpc) is 3.24. The zero-order chi connectivity index (χ0) is 18.5. The van der Waals surface area contributed by atoms with Crippen LogP contribution < -0.4 is 4.90 Å². The number of nitrogens with zero attached hydrogens (tertiary/aromatic N) is 4. The number of carbonyl (C=O) groups is 1. The van der Waals surface area contributed by atoms with E-state index in [2.05, 4.69) is 57.2 Å². The number of aliphatic imine (C=N–C) groups is 2. The summed E-state index contributed by atoms with van der Waals surface area (Å²) in [7, 11) is 1.32. The molecule has 1 aromatic rings. The smallest absolute Gasteiger partial charge is 0.356 e. The Kier molecular flexibility index (Phi) is 5.51. The molecule has 1 aromatic carbocycles. The Labute approximate surface area is 154 Å². The van der Waals surface area contributed by atoms with Crippen molar-refractivity contribution < 1.29 is 9.53 Å².